The number of methoxy groups -OCH3 is 1. The first-order valence-corrected chi connectivity index (χ1v) is 10.7. The van der Waals surface area contributed by atoms with Crippen LogP contribution in [0, 0.1) is 5.92 Å². The van der Waals surface area contributed by atoms with E-state index in [0.717, 1.165) is 38.5 Å². The van der Waals surface area contributed by atoms with E-state index >= 15 is 0 Å². The van der Waals surface area contributed by atoms with Crippen LogP contribution in [-0.4, -0.2) is 30.5 Å². The van der Waals surface area contributed by atoms with Crippen molar-refractivity contribution < 1.29 is 9.84 Å². The topological polar surface area (TPSA) is 55.5 Å². The molecule has 0 amide bonds. The Balaban J connectivity index is 1.44. The van der Waals surface area contributed by atoms with Gasteiger partial charge in [0.15, 0.2) is 0 Å². The Morgan fingerprint density at radius 2 is 1.96 bits per heavy atom. The minimum atomic E-state index is -0.380. The molecular formula is C25H33NO2. The molecule has 2 aliphatic carbocycles. The predicted octanol–water partition coefficient (Wildman–Crippen LogP) is 4.01. The van der Waals surface area contributed by atoms with E-state index in [2.05, 4.69) is 48.5 Å². The zero-order chi connectivity index (χ0) is 19.6. The highest BCUT2D eigenvalue weighted by atomic mass is 16.5. The van der Waals surface area contributed by atoms with Gasteiger partial charge in [0, 0.05) is 12.6 Å². The van der Waals surface area contributed by atoms with Crippen molar-refractivity contribution in [1.82, 2.24) is 0 Å². The van der Waals surface area contributed by atoms with E-state index < -0.39 is 0 Å². The van der Waals surface area contributed by atoms with Gasteiger partial charge in [0.25, 0.3) is 0 Å². The maximum Gasteiger partial charge on any atom is 0.0643 e. The van der Waals surface area contributed by atoms with Gasteiger partial charge in [-0.05, 0) is 79.0 Å². The van der Waals surface area contributed by atoms with Gasteiger partial charge in [0.05, 0.1) is 12.7 Å². The summed E-state index contributed by atoms with van der Waals surface area (Å²) in [6.07, 6.45) is 7.57. The van der Waals surface area contributed by atoms with Crippen LogP contribution in [0.1, 0.15) is 53.9 Å². The fraction of sp³-hybridized carbons (Fsp3) is 0.520. The molecule has 0 radical (unpaired) electrons. The summed E-state index contributed by atoms with van der Waals surface area (Å²) in [5.74, 6) is 1.06. The van der Waals surface area contributed by atoms with E-state index in [1.807, 2.05) is 7.11 Å². The van der Waals surface area contributed by atoms with Gasteiger partial charge in [-0.3, -0.25) is 0 Å². The molecule has 3 N–H and O–H groups in total. The summed E-state index contributed by atoms with van der Waals surface area (Å²) in [5.41, 5.74) is 11.7. The Bertz CT molecular complexity index is 790. The number of hydrogen-bond acceptors (Lipinski definition) is 3. The molecule has 0 aliphatic heterocycles. The van der Waals surface area contributed by atoms with Crippen molar-refractivity contribution in [3.63, 3.8) is 0 Å². The molecule has 28 heavy (non-hydrogen) atoms. The first kappa shape index (κ1) is 19.6. The van der Waals surface area contributed by atoms with Gasteiger partial charge in [0.1, 0.15) is 0 Å². The highest BCUT2D eigenvalue weighted by Gasteiger charge is 2.36. The number of aliphatic hydroxyl groups is 1. The number of benzene rings is 2. The molecule has 150 valence electrons. The zero-order valence-electron chi connectivity index (χ0n) is 16.9. The first-order valence-electron chi connectivity index (χ1n) is 10.7. The third-order valence-electron chi connectivity index (χ3n) is 7.04. The van der Waals surface area contributed by atoms with E-state index in [-0.39, 0.29) is 18.2 Å². The summed E-state index contributed by atoms with van der Waals surface area (Å²) in [6.45, 7) is 0.0932. The average Bonchev–Trinajstić information content (AvgIpc) is 3.15. The maximum atomic E-state index is 9.56. The zero-order valence-corrected chi connectivity index (χ0v) is 16.9. The smallest absolute Gasteiger partial charge is 0.0643 e. The molecule has 2 aromatic rings. The van der Waals surface area contributed by atoms with Crippen molar-refractivity contribution in [3.8, 4) is 0 Å². The predicted molar refractivity (Wildman–Crippen MR) is 113 cm³/mol. The lowest BCUT2D eigenvalue weighted by Crippen LogP contribution is -2.40. The van der Waals surface area contributed by atoms with E-state index in [1.54, 1.807) is 0 Å². The summed E-state index contributed by atoms with van der Waals surface area (Å²) in [4.78, 5) is 0. The van der Waals surface area contributed by atoms with E-state index in [4.69, 9.17) is 10.5 Å². The van der Waals surface area contributed by atoms with Gasteiger partial charge in [0.2, 0.25) is 0 Å². The van der Waals surface area contributed by atoms with Crippen LogP contribution in [0.3, 0.4) is 0 Å². The molecule has 2 aromatic carbocycles. The molecular weight excluding hydrogens is 346 g/mol. The second kappa shape index (κ2) is 8.36. The van der Waals surface area contributed by atoms with E-state index in [1.165, 1.54) is 28.7 Å². The van der Waals surface area contributed by atoms with Gasteiger partial charge in [-0.2, -0.15) is 0 Å². The van der Waals surface area contributed by atoms with Gasteiger partial charge in [-0.15, -0.1) is 0 Å². The third-order valence-corrected chi connectivity index (χ3v) is 7.04. The van der Waals surface area contributed by atoms with Crippen molar-refractivity contribution in [2.45, 2.75) is 62.5 Å². The van der Waals surface area contributed by atoms with Crippen LogP contribution in [-0.2, 0) is 24.0 Å². The molecule has 3 nitrogen and oxygen atoms in total. The van der Waals surface area contributed by atoms with Crippen molar-refractivity contribution >= 4 is 0 Å². The number of aryl methyl sites for hydroxylation is 1. The Kier molecular flexibility index (Phi) is 5.86. The number of fused-ring (bicyclic) bond motifs is 1. The monoisotopic (exact) mass is 379 g/mol. The summed E-state index contributed by atoms with van der Waals surface area (Å²) in [7, 11) is 1.85. The molecule has 1 unspecified atom stereocenters. The highest BCUT2D eigenvalue weighted by Crippen LogP contribution is 2.41. The molecule has 0 heterocycles. The lowest BCUT2D eigenvalue weighted by atomic mass is 9.78. The number of hydrogen-bond donors (Lipinski definition) is 2. The van der Waals surface area contributed by atoms with Crippen LogP contribution < -0.4 is 5.73 Å². The number of ether oxygens (including phenoxy) is 1. The van der Waals surface area contributed by atoms with Gasteiger partial charge >= 0.3 is 0 Å². The fourth-order valence-electron chi connectivity index (χ4n) is 5.25. The molecule has 0 spiro atoms. The Hall–Kier alpha value is -1.68. The van der Waals surface area contributed by atoms with Crippen LogP contribution in [0.5, 0.6) is 0 Å². The minimum Gasteiger partial charge on any atom is -0.394 e. The van der Waals surface area contributed by atoms with Crippen molar-refractivity contribution in [1.29, 1.82) is 0 Å². The van der Waals surface area contributed by atoms with E-state index in [0.29, 0.717) is 11.8 Å². The fourth-order valence-corrected chi connectivity index (χ4v) is 5.25. The number of nitrogens with two attached hydrogens (primary N) is 1. The molecule has 0 saturated heterocycles. The van der Waals surface area contributed by atoms with Crippen LogP contribution in [0.25, 0.3) is 0 Å². The van der Waals surface area contributed by atoms with Gasteiger partial charge in [-0.1, -0.05) is 48.5 Å². The molecule has 0 aromatic heterocycles. The first-order chi connectivity index (χ1) is 13.6. The van der Waals surface area contributed by atoms with Gasteiger partial charge in [-0.25, -0.2) is 0 Å². The second-order valence-electron chi connectivity index (χ2n) is 8.96. The Morgan fingerprint density at radius 1 is 1.14 bits per heavy atom. The van der Waals surface area contributed by atoms with Crippen LogP contribution in [0.15, 0.2) is 48.5 Å². The lowest BCUT2D eigenvalue weighted by molar-refractivity contribution is 0.0466. The molecule has 1 fully saturated rings. The largest absolute Gasteiger partial charge is 0.394 e. The van der Waals surface area contributed by atoms with Crippen molar-refractivity contribution in [2.75, 3.05) is 13.7 Å². The van der Waals surface area contributed by atoms with Crippen molar-refractivity contribution in [2.24, 2.45) is 11.7 Å². The third kappa shape index (κ3) is 4.17. The normalized spacial score (nSPS) is 28.1. The molecule has 2 aliphatic rings. The van der Waals surface area contributed by atoms with Crippen LogP contribution >= 0.6 is 0 Å². The number of aliphatic hydroxyl groups excluding tert-OH is 1. The van der Waals surface area contributed by atoms with Gasteiger partial charge < -0.3 is 15.6 Å². The quantitative estimate of drug-likeness (QED) is 0.797. The van der Waals surface area contributed by atoms with E-state index in [9.17, 15) is 5.11 Å². The molecule has 4 atom stereocenters. The second-order valence-corrected chi connectivity index (χ2v) is 8.96. The molecule has 1 saturated carbocycles. The molecule has 3 heteroatoms. The summed E-state index contributed by atoms with van der Waals surface area (Å²) in [6, 6.07) is 17.7. The Morgan fingerprint density at radius 3 is 2.68 bits per heavy atom. The molecule has 4 rings (SSSR count). The standard InChI is InChI=1S/C25H33NO2/c1-28-24(13-18-5-3-2-4-6-18)22-10-9-19-14-21(8-7-20(19)15-22)23-11-12-25(26,16-23)17-27/h2-8,14,22-24,27H,9-13,15-17,26H2,1H3/t22-,23-,24?,25-/m0/s1. The van der Waals surface area contributed by atoms with Crippen molar-refractivity contribution in [3.05, 3.63) is 70.8 Å². The summed E-state index contributed by atoms with van der Waals surface area (Å²) in [5, 5.41) is 9.56. The Labute approximate surface area is 168 Å². The summed E-state index contributed by atoms with van der Waals surface area (Å²) >= 11 is 0. The van der Waals surface area contributed by atoms with Crippen LogP contribution in [0.2, 0.25) is 0 Å². The minimum absolute atomic E-state index is 0.0932. The lowest BCUT2D eigenvalue weighted by Gasteiger charge is -2.31. The molecule has 0 bridgehead atoms. The average molecular weight is 380 g/mol. The maximum absolute atomic E-state index is 9.56. The summed E-state index contributed by atoms with van der Waals surface area (Å²) < 4.78 is 5.91. The SMILES string of the molecule is COC(Cc1ccccc1)[C@H]1CCc2cc([C@H]3CC[C@@](N)(CO)C3)ccc2C1. The van der Waals surface area contributed by atoms with Crippen LogP contribution in [0.4, 0.5) is 0 Å². The number of rotatable bonds is 6. The highest BCUT2D eigenvalue weighted by molar-refractivity contribution is 5.37.